The van der Waals surface area contributed by atoms with Crippen molar-refractivity contribution >= 4 is 17.6 Å². The summed E-state index contributed by atoms with van der Waals surface area (Å²) in [4.78, 5) is 28.7. The first kappa shape index (κ1) is 18.5. The van der Waals surface area contributed by atoms with Crippen LogP contribution in [0.2, 0.25) is 0 Å². The number of carbonyl (C=O) groups is 2. The predicted octanol–water partition coefficient (Wildman–Crippen LogP) is 2.37. The number of hydrogen-bond donors (Lipinski definition) is 1. The quantitative estimate of drug-likeness (QED) is 0.617. The first-order chi connectivity index (χ1) is 13.7. The molecule has 0 saturated carbocycles. The largest absolute Gasteiger partial charge is 0.423 e. The van der Waals surface area contributed by atoms with Crippen molar-refractivity contribution in [2.24, 2.45) is 0 Å². The fourth-order valence-electron chi connectivity index (χ4n) is 3.97. The van der Waals surface area contributed by atoms with Crippen LogP contribution in [-0.4, -0.2) is 49.5 Å². The van der Waals surface area contributed by atoms with E-state index < -0.39 is 0 Å². The van der Waals surface area contributed by atoms with Crippen LogP contribution in [0.5, 0.6) is 5.75 Å². The van der Waals surface area contributed by atoms with Gasteiger partial charge in [0.25, 0.3) is 0 Å². The first-order valence-electron chi connectivity index (χ1n) is 9.81. The maximum Gasteiger partial charge on any atom is 0.331 e. The molecule has 2 aliphatic rings. The van der Waals surface area contributed by atoms with Crippen molar-refractivity contribution < 1.29 is 14.3 Å². The normalized spacial score (nSPS) is 17.7. The van der Waals surface area contributed by atoms with E-state index in [4.69, 9.17) is 4.74 Å². The second-order valence-electron chi connectivity index (χ2n) is 7.27. The maximum absolute atomic E-state index is 12.7. The summed E-state index contributed by atoms with van der Waals surface area (Å²) >= 11 is 0. The van der Waals surface area contributed by atoms with E-state index in [0.717, 1.165) is 18.8 Å². The Morgan fingerprint density at radius 1 is 1.04 bits per heavy atom. The van der Waals surface area contributed by atoms with E-state index in [1.807, 2.05) is 36.4 Å². The molecule has 2 heterocycles. The van der Waals surface area contributed by atoms with Crippen molar-refractivity contribution in [2.75, 3.05) is 37.6 Å². The minimum absolute atomic E-state index is 0.0820. The summed E-state index contributed by atoms with van der Waals surface area (Å²) in [6, 6.07) is 17.8. The molecule has 1 N–H and O–H groups in total. The summed E-state index contributed by atoms with van der Waals surface area (Å²) in [6.07, 6.45) is 2.40. The number of carbonyl (C=O) groups excluding carboxylic acids is 2. The van der Waals surface area contributed by atoms with Crippen molar-refractivity contribution in [1.82, 2.24) is 10.2 Å². The van der Waals surface area contributed by atoms with Crippen LogP contribution >= 0.6 is 0 Å². The van der Waals surface area contributed by atoms with E-state index in [1.165, 1.54) is 18.4 Å². The number of nitrogens with zero attached hydrogens (tertiary/aromatic N) is 2. The highest BCUT2D eigenvalue weighted by Gasteiger charge is 2.27. The number of amides is 1. The second kappa shape index (κ2) is 8.44. The lowest BCUT2D eigenvalue weighted by molar-refractivity contribution is -0.133. The van der Waals surface area contributed by atoms with Gasteiger partial charge in [0, 0.05) is 6.54 Å². The molecule has 0 aliphatic carbocycles. The number of para-hydroxylation sites is 2. The second-order valence-corrected chi connectivity index (χ2v) is 7.27. The highest BCUT2D eigenvalue weighted by Crippen LogP contribution is 2.31. The Labute approximate surface area is 165 Å². The van der Waals surface area contributed by atoms with Crippen LogP contribution in [0.15, 0.2) is 54.6 Å². The Morgan fingerprint density at radius 3 is 2.54 bits per heavy atom. The van der Waals surface area contributed by atoms with Crippen LogP contribution in [0.4, 0.5) is 5.69 Å². The number of esters is 1. The molecule has 6 heteroatoms. The summed E-state index contributed by atoms with van der Waals surface area (Å²) in [5.74, 6) is 0.0705. The van der Waals surface area contributed by atoms with Crippen LogP contribution in [0.25, 0.3) is 0 Å². The zero-order valence-corrected chi connectivity index (χ0v) is 15.8. The molecular weight excluding hydrogens is 354 g/mol. The van der Waals surface area contributed by atoms with E-state index in [9.17, 15) is 9.59 Å². The van der Waals surface area contributed by atoms with E-state index in [2.05, 4.69) is 22.3 Å². The molecule has 28 heavy (non-hydrogen) atoms. The molecule has 0 spiro atoms. The van der Waals surface area contributed by atoms with Crippen LogP contribution in [-0.2, 0) is 9.59 Å². The minimum atomic E-state index is -0.342. The van der Waals surface area contributed by atoms with Gasteiger partial charge in [-0.15, -0.1) is 0 Å². The highest BCUT2D eigenvalue weighted by atomic mass is 16.5. The van der Waals surface area contributed by atoms with Gasteiger partial charge in [-0.3, -0.25) is 9.69 Å². The van der Waals surface area contributed by atoms with Crippen molar-refractivity contribution in [3.8, 4) is 5.75 Å². The van der Waals surface area contributed by atoms with E-state index in [-0.39, 0.29) is 31.0 Å². The van der Waals surface area contributed by atoms with Crippen molar-refractivity contribution in [2.45, 2.75) is 18.9 Å². The van der Waals surface area contributed by atoms with Crippen molar-refractivity contribution in [3.63, 3.8) is 0 Å². The molecule has 4 rings (SSSR count). The molecule has 1 saturated heterocycles. The SMILES string of the molecule is O=C(CN1CC(=O)Oc2ccccc21)NCC(c1ccccc1)N1CCCC1. The molecule has 2 aliphatic heterocycles. The van der Waals surface area contributed by atoms with Gasteiger partial charge in [-0.05, 0) is 43.6 Å². The first-order valence-corrected chi connectivity index (χ1v) is 9.81. The number of hydrogen-bond acceptors (Lipinski definition) is 5. The molecule has 0 radical (unpaired) electrons. The van der Waals surface area contributed by atoms with E-state index in [0.29, 0.717) is 12.3 Å². The van der Waals surface area contributed by atoms with Gasteiger partial charge < -0.3 is 15.0 Å². The van der Waals surface area contributed by atoms with Gasteiger partial charge in [0.2, 0.25) is 5.91 Å². The number of nitrogens with one attached hydrogen (secondary N) is 1. The molecule has 146 valence electrons. The molecule has 2 aromatic carbocycles. The number of anilines is 1. The van der Waals surface area contributed by atoms with E-state index in [1.54, 1.807) is 11.0 Å². The highest BCUT2D eigenvalue weighted by molar-refractivity contribution is 5.89. The van der Waals surface area contributed by atoms with Gasteiger partial charge in [-0.1, -0.05) is 42.5 Å². The summed E-state index contributed by atoms with van der Waals surface area (Å²) in [5, 5.41) is 3.08. The van der Waals surface area contributed by atoms with Gasteiger partial charge >= 0.3 is 5.97 Å². The number of rotatable bonds is 6. The van der Waals surface area contributed by atoms with Gasteiger partial charge in [-0.2, -0.15) is 0 Å². The number of likely N-dealkylation sites (tertiary alicyclic amines) is 1. The van der Waals surface area contributed by atoms with Crippen LogP contribution < -0.4 is 15.0 Å². The molecule has 0 aromatic heterocycles. The number of benzene rings is 2. The molecule has 0 bridgehead atoms. The summed E-state index contributed by atoms with van der Waals surface area (Å²) in [6.45, 7) is 2.89. The Hall–Kier alpha value is -2.86. The van der Waals surface area contributed by atoms with Crippen LogP contribution in [0.1, 0.15) is 24.4 Å². The molecule has 1 unspecified atom stereocenters. The van der Waals surface area contributed by atoms with Crippen LogP contribution in [0.3, 0.4) is 0 Å². The zero-order chi connectivity index (χ0) is 19.3. The lowest BCUT2D eigenvalue weighted by Gasteiger charge is -2.30. The summed E-state index contributed by atoms with van der Waals surface area (Å²) in [5.41, 5.74) is 1.99. The molecule has 1 fully saturated rings. The summed E-state index contributed by atoms with van der Waals surface area (Å²) in [7, 11) is 0. The number of ether oxygens (including phenoxy) is 1. The Kier molecular flexibility index (Phi) is 5.58. The monoisotopic (exact) mass is 379 g/mol. The predicted molar refractivity (Wildman–Crippen MR) is 107 cm³/mol. The third-order valence-electron chi connectivity index (χ3n) is 5.34. The Bertz CT molecular complexity index is 834. The average Bonchev–Trinajstić information content (AvgIpc) is 3.23. The zero-order valence-electron chi connectivity index (χ0n) is 15.8. The topological polar surface area (TPSA) is 61.9 Å². The van der Waals surface area contributed by atoms with Gasteiger partial charge in [0.05, 0.1) is 18.3 Å². The number of fused-ring (bicyclic) bond motifs is 1. The van der Waals surface area contributed by atoms with Crippen molar-refractivity contribution in [1.29, 1.82) is 0 Å². The Balaban J connectivity index is 1.41. The smallest absolute Gasteiger partial charge is 0.331 e. The van der Waals surface area contributed by atoms with E-state index >= 15 is 0 Å². The molecule has 1 amide bonds. The third-order valence-corrected chi connectivity index (χ3v) is 5.34. The lowest BCUT2D eigenvalue weighted by Crippen LogP contribution is -2.45. The standard InChI is InChI=1S/C22H25N3O3/c26-21(15-25-16-22(27)28-20-11-5-4-10-18(20)25)23-14-19(24-12-6-7-13-24)17-8-2-1-3-9-17/h1-5,8-11,19H,6-7,12-16H2,(H,23,26). The molecule has 1 atom stereocenters. The average molecular weight is 379 g/mol. The maximum atomic E-state index is 12.7. The fourth-order valence-corrected chi connectivity index (χ4v) is 3.97. The van der Waals surface area contributed by atoms with Crippen molar-refractivity contribution in [3.05, 3.63) is 60.2 Å². The minimum Gasteiger partial charge on any atom is -0.423 e. The Morgan fingerprint density at radius 2 is 1.75 bits per heavy atom. The molecule has 6 nitrogen and oxygen atoms in total. The molecular formula is C22H25N3O3. The fraction of sp³-hybridized carbons (Fsp3) is 0.364. The lowest BCUT2D eigenvalue weighted by atomic mass is 10.1. The molecule has 2 aromatic rings. The summed E-state index contributed by atoms with van der Waals surface area (Å²) < 4.78 is 5.25. The van der Waals surface area contributed by atoms with Gasteiger partial charge in [0.15, 0.2) is 5.75 Å². The third kappa shape index (κ3) is 4.17. The van der Waals surface area contributed by atoms with Crippen LogP contribution in [0, 0.1) is 0 Å². The van der Waals surface area contributed by atoms with Gasteiger partial charge in [-0.25, -0.2) is 4.79 Å². The van der Waals surface area contributed by atoms with Gasteiger partial charge in [0.1, 0.15) is 6.54 Å².